The van der Waals surface area contributed by atoms with Crippen LogP contribution in [0.2, 0.25) is 0 Å². The summed E-state index contributed by atoms with van der Waals surface area (Å²) in [6, 6.07) is 6.11. The molecule has 1 heterocycles. The van der Waals surface area contributed by atoms with Crippen LogP contribution in [0.25, 0.3) is 0 Å². The molecule has 1 aromatic carbocycles. The quantitative estimate of drug-likeness (QED) is 0.896. The van der Waals surface area contributed by atoms with Crippen molar-refractivity contribution < 1.29 is 9.50 Å². The Kier molecular flexibility index (Phi) is 3.63. The van der Waals surface area contributed by atoms with Gasteiger partial charge in [-0.25, -0.2) is 9.37 Å². The number of aromatic nitrogens is 1. The Morgan fingerprint density at radius 2 is 2.11 bits per heavy atom. The second-order valence-electron chi connectivity index (χ2n) is 4.06. The van der Waals surface area contributed by atoms with Crippen LogP contribution >= 0.6 is 15.9 Å². The van der Waals surface area contributed by atoms with E-state index in [2.05, 4.69) is 20.9 Å². The van der Waals surface area contributed by atoms with Gasteiger partial charge in [-0.3, -0.25) is 0 Å². The molecule has 2 rings (SSSR count). The van der Waals surface area contributed by atoms with Gasteiger partial charge in [-0.05, 0) is 52.2 Å². The van der Waals surface area contributed by atoms with E-state index < -0.39 is 6.10 Å². The molecule has 2 aromatic rings. The number of rotatable bonds is 2. The molecular weight excluding hydrogens is 299 g/mol. The highest BCUT2D eigenvalue weighted by Gasteiger charge is 2.15. The Hall–Kier alpha value is -1.46. The van der Waals surface area contributed by atoms with Gasteiger partial charge >= 0.3 is 0 Å². The highest BCUT2D eigenvalue weighted by atomic mass is 79.9. The molecule has 0 aliphatic heterocycles. The number of anilines is 1. The first kappa shape index (κ1) is 13.0. The number of hydrogen-bond donors (Lipinski definition) is 2. The number of nitrogen functional groups attached to an aromatic ring is 1. The first-order valence-corrected chi connectivity index (χ1v) is 6.13. The third kappa shape index (κ3) is 2.52. The predicted molar refractivity (Wildman–Crippen MR) is 71.5 cm³/mol. The molecule has 0 spiro atoms. The molecule has 1 aromatic heterocycles. The second kappa shape index (κ2) is 5.04. The number of aliphatic hydroxyl groups is 1. The fraction of sp³-hybridized carbons (Fsp3) is 0.154. The molecule has 0 saturated carbocycles. The SMILES string of the molecule is Cc1cnc(N)c(C(O)c2ccc(F)c(Br)c2)c1. The number of hydrogen-bond acceptors (Lipinski definition) is 3. The van der Waals surface area contributed by atoms with Crippen molar-refractivity contribution in [2.24, 2.45) is 0 Å². The van der Waals surface area contributed by atoms with E-state index in [9.17, 15) is 9.50 Å². The van der Waals surface area contributed by atoms with Crippen LogP contribution in [0.1, 0.15) is 22.8 Å². The van der Waals surface area contributed by atoms with Crippen LogP contribution in [0, 0.1) is 12.7 Å². The maximum Gasteiger partial charge on any atom is 0.137 e. The number of aliphatic hydroxyl groups excluding tert-OH is 1. The zero-order chi connectivity index (χ0) is 13.3. The molecule has 0 amide bonds. The van der Waals surface area contributed by atoms with Crippen LogP contribution in [-0.2, 0) is 0 Å². The summed E-state index contributed by atoms with van der Waals surface area (Å²) >= 11 is 3.09. The summed E-state index contributed by atoms with van der Waals surface area (Å²) in [5.41, 5.74) is 7.72. The van der Waals surface area contributed by atoms with Crippen molar-refractivity contribution >= 4 is 21.7 Å². The number of halogens is 2. The summed E-state index contributed by atoms with van der Waals surface area (Å²) < 4.78 is 13.4. The van der Waals surface area contributed by atoms with Crippen LogP contribution in [0.15, 0.2) is 34.9 Å². The maximum atomic E-state index is 13.1. The summed E-state index contributed by atoms with van der Waals surface area (Å²) in [6.45, 7) is 1.86. The summed E-state index contributed by atoms with van der Waals surface area (Å²) in [6.07, 6.45) is 0.709. The Morgan fingerprint density at radius 3 is 2.78 bits per heavy atom. The van der Waals surface area contributed by atoms with E-state index in [0.717, 1.165) is 5.56 Å². The van der Waals surface area contributed by atoms with Crippen LogP contribution in [0.3, 0.4) is 0 Å². The van der Waals surface area contributed by atoms with E-state index in [0.29, 0.717) is 15.6 Å². The van der Waals surface area contributed by atoms with E-state index in [-0.39, 0.29) is 11.6 Å². The van der Waals surface area contributed by atoms with Gasteiger partial charge < -0.3 is 10.8 Å². The van der Waals surface area contributed by atoms with Crippen LogP contribution in [-0.4, -0.2) is 10.1 Å². The van der Waals surface area contributed by atoms with Gasteiger partial charge in [0, 0.05) is 11.8 Å². The normalized spacial score (nSPS) is 12.4. The largest absolute Gasteiger partial charge is 0.384 e. The molecule has 1 atom stereocenters. The molecule has 5 heteroatoms. The van der Waals surface area contributed by atoms with Gasteiger partial charge in [0.25, 0.3) is 0 Å². The molecule has 94 valence electrons. The van der Waals surface area contributed by atoms with Gasteiger partial charge in [-0.15, -0.1) is 0 Å². The van der Waals surface area contributed by atoms with Crippen LogP contribution in [0.5, 0.6) is 0 Å². The van der Waals surface area contributed by atoms with Gasteiger partial charge in [0.1, 0.15) is 17.7 Å². The van der Waals surface area contributed by atoms with E-state index in [4.69, 9.17) is 5.73 Å². The van der Waals surface area contributed by atoms with Crippen molar-refractivity contribution in [1.82, 2.24) is 4.98 Å². The lowest BCUT2D eigenvalue weighted by Crippen LogP contribution is -2.06. The number of aryl methyl sites for hydroxylation is 1. The maximum absolute atomic E-state index is 13.1. The van der Waals surface area contributed by atoms with Gasteiger partial charge in [0.2, 0.25) is 0 Å². The number of nitrogens with two attached hydrogens (primary N) is 1. The molecule has 1 unspecified atom stereocenters. The highest BCUT2D eigenvalue weighted by Crippen LogP contribution is 2.28. The minimum atomic E-state index is -0.922. The Morgan fingerprint density at radius 1 is 1.39 bits per heavy atom. The summed E-state index contributed by atoms with van der Waals surface area (Å²) in [4.78, 5) is 4.00. The Labute approximate surface area is 113 Å². The molecule has 3 N–H and O–H groups in total. The molecule has 3 nitrogen and oxygen atoms in total. The molecule has 0 saturated heterocycles. The van der Waals surface area contributed by atoms with Gasteiger partial charge in [0.05, 0.1) is 4.47 Å². The fourth-order valence-corrected chi connectivity index (χ4v) is 2.08. The van der Waals surface area contributed by atoms with E-state index in [1.807, 2.05) is 6.92 Å². The topological polar surface area (TPSA) is 59.1 Å². The second-order valence-corrected chi connectivity index (χ2v) is 4.92. The fourth-order valence-electron chi connectivity index (χ4n) is 1.68. The molecule has 0 radical (unpaired) electrons. The molecule has 0 bridgehead atoms. The van der Waals surface area contributed by atoms with Crippen LogP contribution in [0.4, 0.5) is 10.2 Å². The van der Waals surface area contributed by atoms with Crippen molar-refractivity contribution in [3.63, 3.8) is 0 Å². The minimum absolute atomic E-state index is 0.272. The van der Waals surface area contributed by atoms with Crippen LogP contribution < -0.4 is 5.73 Å². The van der Waals surface area contributed by atoms with Crippen molar-refractivity contribution in [2.75, 3.05) is 5.73 Å². The van der Waals surface area contributed by atoms with Gasteiger partial charge in [0.15, 0.2) is 0 Å². The van der Waals surface area contributed by atoms with Crippen molar-refractivity contribution in [1.29, 1.82) is 0 Å². The first-order valence-electron chi connectivity index (χ1n) is 5.34. The highest BCUT2D eigenvalue weighted by molar-refractivity contribution is 9.10. The summed E-state index contributed by atoms with van der Waals surface area (Å²) in [5.74, 6) is -0.102. The monoisotopic (exact) mass is 310 g/mol. The van der Waals surface area contributed by atoms with E-state index >= 15 is 0 Å². The third-order valence-electron chi connectivity index (χ3n) is 2.64. The number of pyridine rings is 1. The average Bonchev–Trinajstić information content (AvgIpc) is 2.35. The van der Waals surface area contributed by atoms with E-state index in [1.54, 1.807) is 12.3 Å². The average molecular weight is 311 g/mol. The lowest BCUT2D eigenvalue weighted by molar-refractivity contribution is 0.220. The van der Waals surface area contributed by atoms with Gasteiger partial charge in [-0.2, -0.15) is 0 Å². The first-order chi connectivity index (χ1) is 8.49. The molecule has 0 fully saturated rings. The minimum Gasteiger partial charge on any atom is -0.384 e. The third-order valence-corrected chi connectivity index (χ3v) is 3.25. The number of nitrogens with zero attached hydrogens (tertiary/aromatic N) is 1. The molecular formula is C13H12BrFN2O. The Bertz CT molecular complexity index is 589. The summed E-state index contributed by atoms with van der Waals surface area (Å²) in [5, 5.41) is 10.2. The van der Waals surface area contributed by atoms with E-state index in [1.165, 1.54) is 18.2 Å². The summed E-state index contributed by atoms with van der Waals surface area (Å²) in [7, 11) is 0. The Balaban J connectivity index is 2.44. The zero-order valence-corrected chi connectivity index (χ0v) is 11.3. The zero-order valence-electron chi connectivity index (χ0n) is 9.69. The lowest BCUT2D eigenvalue weighted by Gasteiger charge is -2.14. The standard InChI is InChI=1S/C13H12BrFN2O/c1-7-4-9(13(16)17-6-7)12(18)8-2-3-11(15)10(14)5-8/h2-6,12,18H,1H3,(H2,16,17). The molecule has 18 heavy (non-hydrogen) atoms. The lowest BCUT2D eigenvalue weighted by atomic mass is 10.0. The van der Waals surface area contributed by atoms with Gasteiger partial charge in [-0.1, -0.05) is 6.07 Å². The van der Waals surface area contributed by atoms with Crippen molar-refractivity contribution in [3.8, 4) is 0 Å². The molecule has 0 aliphatic rings. The van der Waals surface area contributed by atoms with Crippen molar-refractivity contribution in [2.45, 2.75) is 13.0 Å². The number of benzene rings is 1. The predicted octanol–water partition coefficient (Wildman–Crippen LogP) is 2.96. The van der Waals surface area contributed by atoms with Crippen molar-refractivity contribution in [3.05, 3.63) is 57.4 Å². The smallest absolute Gasteiger partial charge is 0.137 e. The molecule has 0 aliphatic carbocycles.